The third-order valence-electron chi connectivity index (χ3n) is 11.1. The first-order chi connectivity index (χ1) is 28.8. The van der Waals surface area contributed by atoms with Crippen LogP contribution in [0.5, 0.6) is 34.5 Å². The fourth-order valence-electron chi connectivity index (χ4n) is 7.98. The summed E-state index contributed by atoms with van der Waals surface area (Å²) in [4.78, 5) is 52.0. The molecule has 0 unspecified atom stereocenters. The van der Waals surface area contributed by atoms with Gasteiger partial charge in [0.2, 0.25) is 0 Å². The molecule has 2 saturated heterocycles. The zero-order chi connectivity index (χ0) is 40.9. The number of Topliss-reactive ketones (excluding diaryl/α,β-unsaturated/α-hetero) is 1. The zero-order valence-corrected chi connectivity index (χ0v) is 33.6. The second-order valence-corrected chi connectivity index (χ2v) is 15.1. The number of aliphatic imine (C=N–C) groups is 2. The van der Waals surface area contributed by atoms with Crippen molar-refractivity contribution in [2.45, 2.75) is 70.7 Å². The Kier molecular flexibility index (Phi) is 11.8. The number of methoxy groups -OCH3 is 2. The third-order valence-corrected chi connectivity index (χ3v) is 11.1. The Morgan fingerprint density at radius 2 is 1.10 bits per heavy atom. The monoisotopic (exact) mass is 800 g/mol. The minimum atomic E-state index is -0.0566. The van der Waals surface area contributed by atoms with Gasteiger partial charge in [-0.25, -0.2) is 0 Å². The second-order valence-electron chi connectivity index (χ2n) is 15.1. The number of carbonyl (C=O) groups is 3. The summed E-state index contributed by atoms with van der Waals surface area (Å²) < 4.78 is 36.3. The lowest BCUT2D eigenvalue weighted by atomic mass is 10.0. The van der Waals surface area contributed by atoms with E-state index in [4.69, 9.17) is 38.4 Å². The van der Waals surface area contributed by atoms with Gasteiger partial charge in [0.15, 0.2) is 28.8 Å². The summed E-state index contributed by atoms with van der Waals surface area (Å²) in [6.45, 7) is 3.71. The SMILES string of the molecule is COc1cc2c(cc1OCc1cc(COc3cc4c(cc3OC)C(=O)N3CCCC[C@H]3C=N4)cc(OCCOc3ccc(C(C)=O)cc3)c1)N=C[C@@H]1CCCCN1C2=O. The van der Waals surface area contributed by atoms with Crippen LogP contribution in [0.15, 0.2) is 76.7 Å². The van der Waals surface area contributed by atoms with Gasteiger partial charge in [-0.15, -0.1) is 0 Å². The van der Waals surface area contributed by atoms with Crippen molar-refractivity contribution in [3.8, 4) is 34.5 Å². The predicted octanol–water partition coefficient (Wildman–Crippen LogP) is 7.94. The molecule has 2 atom stereocenters. The van der Waals surface area contributed by atoms with Crippen molar-refractivity contribution in [1.29, 1.82) is 0 Å². The molecular formula is C46H48N4O9. The van der Waals surface area contributed by atoms with Crippen LogP contribution in [0.1, 0.15) is 87.6 Å². The van der Waals surface area contributed by atoms with Gasteiger partial charge in [0, 0.05) is 43.2 Å². The number of ketones is 1. The number of hydrogen-bond acceptors (Lipinski definition) is 11. The average Bonchev–Trinajstić information content (AvgIpc) is 3.49. The normalized spacial score (nSPS) is 18.1. The molecular weight excluding hydrogens is 753 g/mol. The summed E-state index contributed by atoms with van der Waals surface area (Å²) in [5.74, 6) is 2.83. The molecule has 306 valence electrons. The maximum absolute atomic E-state index is 13.6. The molecule has 0 saturated carbocycles. The molecule has 2 amide bonds. The summed E-state index contributed by atoms with van der Waals surface area (Å²) in [5, 5.41) is 0. The van der Waals surface area contributed by atoms with Crippen molar-refractivity contribution < 1.29 is 42.8 Å². The van der Waals surface area contributed by atoms with E-state index in [1.165, 1.54) is 6.92 Å². The zero-order valence-electron chi connectivity index (χ0n) is 33.6. The van der Waals surface area contributed by atoms with Crippen LogP contribution in [0.2, 0.25) is 0 Å². The molecule has 0 bridgehead atoms. The average molecular weight is 801 g/mol. The lowest BCUT2D eigenvalue weighted by molar-refractivity contribution is 0.0680. The van der Waals surface area contributed by atoms with E-state index in [0.717, 1.165) is 49.7 Å². The largest absolute Gasteiger partial charge is 0.493 e. The first kappa shape index (κ1) is 39.5. The quantitative estimate of drug-likeness (QED) is 0.0919. The molecule has 4 aromatic rings. The van der Waals surface area contributed by atoms with E-state index in [-0.39, 0.29) is 56.1 Å². The number of nitrogens with zero attached hydrogens (tertiary/aromatic N) is 4. The van der Waals surface area contributed by atoms with E-state index in [9.17, 15) is 14.4 Å². The molecule has 0 aromatic heterocycles. The van der Waals surface area contributed by atoms with Crippen LogP contribution in [0.25, 0.3) is 0 Å². The number of amides is 2. The highest BCUT2D eigenvalue weighted by molar-refractivity contribution is 6.04. The first-order valence-corrected chi connectivity index (χ1v) is 20.2. The van der Waals surface area contributed by atoms with Gasteiger partial charge in [-0.05, 0) is 111 Å². The smallest absolute Gasteiger partial charge is 0.256 e. The van der Waals surface area contributed by atoms with Crippen LogP contribution in [-0.4, -0.2) is 92.4 Å². The first-order valence-electron chi connectivity index (χ1n) is 20.2. The number of rotatable bonds is 14. The molecule has 13 nitrogen and oxygen atoms in total. The summed E-state index contributed by atoms with van der Waals surface area (Å²) in [5.41, 5.74) is 4.25. The Morgan fingerprint density at radius 1 is 0.610 bits per heavy atom. The molecule has 4 aliphatic heterocycles. The Balaban J connectivity index is 1.02. The van der Waals surface area contributed by atoms with E-state index in [0.29, 0.717) is 75.7 Å². The second kappa shape index (κ2) is 17.6. The van der Waals surface area contributed by atoms with Crippen LogP contribution >= 0.6 is 0 Å². The van der Waals surface area contributed by atoms with Crippen LogP contribution < -0.4 is 28.4 Å². The minimum Gasteiger partial charge on any atom is -0.493 e. The maximum atomic E-state index is 13.6. The Hall–Kier alpha value is -6.37. The number of fused-ring (bicyclic) bond motifs is 4. The molecule has 4 heterocycles. The highest BCUT2D eigenvalue weighted by atomic mass is 16.5. The number of hydrogen-bond donors (Lipinski definition) is 0. The predicted molar refractivity (Wildman–Crippen MR) is 222 cm³/mol. The number of benzene rings is 4. The van der Waals surface area contributed by atoms with Crippen molar-refractivity contribution in [2.24, 2.45) is 9.98 Å². The van der Waals surface area contributed by atoms with Crippen LogP contribution in [-0.2, 0) is 13.2 Å². The Labute approximate surface area is 343 Å². The van der Waals surface area contributed by atoms with Crippen molar-refractivity contribution in [3.63, 3.8) is 0 Å². The van der Waals surface area contributed by atoms with E-state index in [1.54, 1.807) is 62.8 Å². The summed E-state index contributed by atoms with van der Waals surface area (Å²) in [7, 11) is 3.10. The van der Waals surface area contributed by atoms with Gasteiger partial charge in [0.05, 0.1) is 48.8 Å². The van der Waals surface area contributed by atoms with Crippen LogP contribution in [0.4, 0.5) is 11.4 Å². The molecule has 13 heteroatoms. The van der Waals surface area contributed by atoms with Gasteiger partial charge < -0.3 is 38.2 Å². The van der Waals surface area contributed by atoms with Crippen molar-refractivity contribution >= 4 is 41.4 Å². The minimum absolute atomic E-state index is 0.0110. The maximum Gasteiger partial charge on any atom is 0.256 e. The van der Waals surface area contributed by atoms with Crippen molar-refractivity contribution in [3.05, 3.63) is 94.5 Å². The molecule has 2 fully saturated rings. The summed E-state index contributed by atoms with van der Waals surface area (Å²) in [6.07, 6.45) is 9.57. The molecule has 59 heavy (non-hydrogen) atoms. The van der Waals surface area contributed by atoms with E-state index in [2.05, 4.69) is 0 Å². The van der Waals surface area contributed by atoms with E-state index < -0.39 is 0 Å². The van der Waals surface area contributed by atoms with E-state index in [1.807, 2.05) is 40.4 Å². The van der Waals surface area contributed by atoms with Gasteiger partial charge in [-0.1, -0.05) is 0 Å². The standard InChI is InChI=1S/C46H48N4O9/c1-29(51)32-10-12-35(13-11-32)56-16-17-57-36-19-30(27-58-43-23-39-37(21-41(43)54-2)45(52)49-14-6-4-8-33(49)25-47-39)18-31(20-36)28-59-44-24-40-38(22-42(44)55-3)46(53)50-15-7-5-9-34(50)26-48-40/h10-13,18-26,33-34H,4-9,14-17,27-28H2,1-3H3/t33-,34-/m0/s1. The fourth-order valence-corrected chi connectivity index (χ4v) is 7.98. The van der Waals surface area contributed by atoms with Crippen LogP contribution in [0, 0.1) is 0 Å². The summed E-state index contributed by atoms with van der Waals surface area (Å²) >= 11 is 0. The molecule has 0 aliphatic carbocycles. The van der Waals surface area contributed by atoms with Gasteiger partial charge in [-0.2, -0.15) is 0 Å². The lowest BCUT2D eigenvalue weighted by Crippen LogP contribution is -2.43. The van der Waals surface area contributed by atoms with E-state index >= 15 is 0 Å². The molecule has 4 aromatic carbocycles. The Morgan fingerprint density at radius 3 is 1.58 bits per heavy atom. The van der Waals surface area contributed by atoms with Crippen molar-refractivity contribution in [1.82, 2.24) is 9.80 Å². The Bertz CT molecular complexity index is 2170. The van der Waals surface area contributed by atoms with Gasteiger partial charge in [0.1, 0.15) is 37.9 Å². The van der Waals surface area contributed by atoms with Crippen LogP contribution in [0.3, 0.4) is 0 Å². The number of ether oxygens (including phenoxy) is 6. The third kappa shape index (κ3) is 8.74. The van der Waals surface area contributed by atoms with Gasteiger partial charge in [0.25, 0.3) is 11.8 Å². The topological polar surface area (TPSA) is 138 Å². The van der Waals surface area contributed by atoms with Crippen molar-refractivity contribution in [2.75, 3.05) is 40.5 Å². The molecule has 4 aliphatic rings. The number of carbonyl (C=O) groups excluding carboxylic acids is 3. The molecule has 0 spiro atoms. The highest BCUT2D eigenvalue weighted by Crippen LogP contribution is 2.40. The molecule has 0 radical (unpaired) electrons. The summed E-state index contributed by atoms with van der Waals surface area (Å²) in [6, 6.07) is 19.6. The highest BCUT2D eigenvalue weighted by Gasteiger charge is 2.32. The molecule has 8 rings (SSSR count). The van der Waals surface area contributed by atoms with Gasteiger partial charge >= 0.3 is 0 Å². The fraction of sp³-hybridized carbons (Fsp3) is 0.370. The molecule has 0 N–H and O–H groups in total. The lowest BCUT2D eigenvalue weighted by Gasteiger charge is -2.32. The number of piperidine rings is 2. The van der Waals surface area contributed by atoms with Gasteiger partial charge in [-0.3, -0.25) is 24.4 Å².